The van der Waals surface area contributed by atoms with Crippen molar-refractivity contribution in [1.29, 1.82) is 0 Å². The summed E-state index contributed by atoms with van der Waals surface area (Å²) >= 11 is 5.37. The number of nitrogens with one attached hydrogen (secondary N) is 1. The average Bonchev–Trinajstić information content (AvgIpc) is 2.61. The molecule has 1 saturated heterocycles. The fraction of sp³-hybridized carbons (Fsp3) is 0.889. The summed E-state index contributed by atoms with van der Waals surface area (Å²) in [5.41, 5.74) is 0. The molecule has 0 aromatic heterocycles. The van der Waals surface area contributed by atoms with Crippen LogP contribution in [0.2, 0.25) is 0 Å². The number of carbonyl (C=O) groups is 1. The van der Waals surface area contributed by atoms with Crippen LogP contribution < -0.4 is 5.32 Å². The number of likely N-dealkylation sites (tertiary alicyclic amines) is 1. The van der Waals surface area contributed by atoms with E-state index in [2.05, 4.69) is 17.1 Å². The van der Waals surface area contributed by atoms with Crippen molar-refractivity contribution in [2.24, 2.45) is 5.92 Å². The average molecular weight is 205 g/mol. The number of amides is 1. The van der Waals surface area contributed by atoms with Crippen molar-refractivity contribution in [3.63, 3.8) is 0 Å². The zero-order chi connectivity index (χ0) is 9.68. The molecular formula is C9H17ClN2O. The van der Waals surface area contributed by atoms with Gasteiger partial charge >= 0.3 is 0 Å². The minimum absolute atomic E-state index is 0.0587. The van der Waals surface area contributed by atoms with Crippen molar-refractivity contribution in [2.75, 3.05) is 32.1 Å². The van der Waals surface area contributed by atoms with E-state index >= 15 is 0 Å². The predicted octanol–water partition coefficient (Wildman–Crippen LogP) is 0.683. The van der Waals surface area contributed by atoms with Crippen LogP contribution in [0.4, 0.5) is 0 Å². The Bertz CT molecular complexity index is 175. The molecule has 1 atom stereocenters. The van der Waals surface area contributed by atoms with E-state index in [1.54, 1.807) is 0 Å². The number of alkyl halides is 1. The summed E-state index contributed by atoms with van der Waals surface area (Å²) in [4.78, 5) is 13.3. The maximum Gasteiger partial charge on any atom is 0.234 e. The molecule has 1 aliphatic heterocycles. The van der Waals surface area contributed by atoms with Crippen LogP contribution in [0, 0.1) is 5.92 Å². The highest BCUT2D eigenvalue weighted by atomic mass is 35.5. The molecule has 1 fully saturated rings. The molecule has 1 rings (SSSR count). The molecular weight excluding hydrogens is 188 g/mol. The molecule has 0 aliphatic carbocycles. The Morgan fingerprint density at radius 3 is 3.00 bits per heavy atom. The Kier molecular flexibility index (Phi) is 4.53. The number of hydrogen-bond donors (Lipinski definition) is 1. The largest absolute Gasteiger partial charge is 0.355 e. The quantitative estimate of drug-likeness (QED) is 0.684. The first-order valence-corrected chi connectivity index (χ1v) is 5.34. The monoisotopic (exact) mass is 204 g/mol. The second-order valence-electron chi connectivity index (χ2n) is 3.49. The topological polar surface area (TPSA) is 32.3 Å². The van der Waals surface area contributed by atoms with E-state index in [1.165, 1.54) is 6.42 Å². The van der Waals surface area contributed by atoms with Gasteiger partial charge in [0.15, 0.2) is 0 Å². The summed E-state index contributed by atoms with van der Waals surface area (Å²) in [5, 5.41) is 2.82. The smallest absolute Gasteiger partial charge is 0.234 e. The van der Waals surface area contributed by atoms with Gasteiger partial charge in [-0.2, -0.15) is 0 Å². The SMILES string of the molecule is CCN1CCC(CNC(=O)CCl)C1. The summed E-state index contributed by atoms with van der Waals surface area (Å²) in [6.45, 7) is 6.33. The number of rotatable bonds is 4. The summed E-state index contributed by atoms with van der Waals surface area (Å²) in [7, 11) is 0. The summed E-state index contributed by atoms with van der Waals surface area (Å²) in [6.07, 6.45) is 1.19. The van der Waals surface area contributed by atoms with Gasteiger partial charge in [-0.1, -0.05) is 6.92 Å². The molecule has 1 heterocycles. The third kappa shape index (κ3) is 3.53. The molecule has 0 bridgehead atoms. The summed E-state index contributed by atoms with van der Waals surface area (Å²) < 4.78 is 0. The number of halogens is 1. The lowest BCUT2D eigenvalue weighted by Crippen LogP contribution is -2.31. The fourth-order valence-corrected chi connectivity index (χ4v) is 1.77. The van der Waals surface area contributed by atoms with Gasteiger partial charge in [0.2, 0.25) is 5.91 Å². The van der Waals surface area contributed by atoms with Crippen molar-refractivity contribution < 1.29 is 4.79 Å². The lowest BCUT2D eigenvalue weighted by atomic mass is 10.1. The van der Waals surface area contributed by atoms with Crippen molar-refractivity contribution in [2.45, 2.75) is 13.3 Å². The van der Waals surface area contributed by atoms with Gasteiger partial charge in [-0.25, -0.2) is 0 Å². The molecule has 1 N–H and O–H groups in total. The van der Waals surface area contributed by atoms with Gasteiger partial charge in [0.1, 0.15) is 5.88 Å². The van der Waals surface area contributed by atoms with Gasteiger partial charge < -0.3 is 10.2 Å². The van der Waals surface area contributed by atoms with Crippen LogP contribution in [0.1, 0.15) is 13.3 Å². The van der Waals surface area contributed by atoms with Crippen molar-refractivity contribution in [1.82, 2.24) is 10.2 Å². The van der Waals surface area contributed by atoms with Crippen LogP contribution in [-0.4, -0.2) is 42.9 Å². The Morgan fingerprint density at radius 2 is 2.46 bits per heavy atom. The first-order chi connectivity index (χ1) is 6.26. The molecule has 1 amide bonds. The Hall–Kier alpha value is -0.280. The normalized spacial score (nSPS) is 23.4. The van der Waals surface area contributed by atoms with Crippen LogP contribution in [0.3, 0.4) is 0 Å². The van der Waals surface area contributed by atoms with Crippen molar-refractivity contribution >= 4 is 17.5 Å². The van der Waals surface area contributed by atoms with E-state index in [0.717, 1.165) is 26.2 Å². The maximum atomic E-state index is 10.9. The molecule has 0 spiro atoms. The summed E-state index contributed by atoms with van der Waals surface area (Å²) in [5.74, 6) is 0.633. The van der Waals surface area contributed by atoms with Crippen molar-refractivity contribution in [3.8, 4) is 0 Å². The Balaban J connectivity index is 2.13. The van der Waals surface area contributed by atoms with Crippen LogP contribution in [-0.2, 0) is 4.79 Å². The lowest BCUT2D eigenvalue weighted by molar-refractivity contribution is -0.118. The van der Waals surface area contributed by atoms with Crippen molar-refractivity contribution in [3.05, 3.63) is 0 Å². The zero-order valence-electron chi connectivity index (χ0n) is 8.05. The molecule has 0 saturated carbocycles. The van der Waals surface area contributed by atoms with E-state index < -0.39 is 0 Å². The van der Waals surface area contributed by atoms with Crippen LogP contribution in [0.5, 0.6) is 0 Å². The highest BCUT2D eigenvalue weighted by Crippen LogP contribution is 2.14. The number of hydrogen-bond acceptors (Lipinski definition) is 2. The van der Waals surface area contributed by atoms with E-state index in [4.69, 9.17) is 11.6 Å². The molecule has 76 valence electrons. The Labute approximate surface area is 84.4 Å². The molecule has 4 heteroatoms. The molecule has 1 aliphatic rings. The molecule has 13 heavy (non-hydrogen) atoms. The predicted molar refractivity (Wildman–Crippen MR) is 54.0 cm³/mol. The first kappa shape index (κ1) is 10.8. The molecule has 1 unspecified atom stereocenters. The molecule has 0 radical (unpaired) electrons. The van der Waals surface area contributed by atoms with Crippen LogP contribution >= 0.6 is 11.6 Å². The van der Waals surface area contributed by atoms with Crippen LogP contribution in [0.15, 0.2) is 0 Å². The number of carbonyl (C=O) groups excluding carboxylic acids is 1. The van der Waals surface area contributed by atoms with E-state index in [-0.39, 0.29) is 11.8 Å². The third-order valence-corrected chi connectivity index (χ3v) is 2.77. The third-order valence-electron chi connectivity index (χ3n) is 2.53. The molecule has 3 nitrogen and oxygen atoms in total. The maximum absolute atomic E-state index is 10.9. The van der Waals surface area contributed by atoms with Gasteiger partial charge in [-0.3, -0.25) is 4.79 Å². The Morgan fingerprint density at radius 1 is 1.69 bits per heavy atom. The minimum atomic E-state index is -0.0587. The highest BCUT2D eigenvalue weighted by Gasteiger charge is 2.20. The van der Waals surface area contributed by atoms with Gasteiger partial charge in [0, 0.05) is 13.1 Å². The fourth-order valence-electron chi connectivity index (χ4n) is 1.67. The standard InChI is InChI=1S/C9H17ClN2O/c1-2-12-4-3-8(7-12)6-11-9(13)5-10/h8H,2-7H2,1H3,(H,11,13). The molecule has 0 aromatic rings. The first-order valence-electron chi connectivity index (χ1n) is 4.81. The van der Waals surface area contributed by atoms with Gasteiger partial charge in [0.05, 0.1) is 0 Å². The van der Waals surface area contributed by atoms with E-state index in [1.807, 2.05) is 0 Å². The minimum Gasteiger partial charge on any atom is -0.355 e. The van der Waals surface area contributed by atoms with Gasteiger partial charge in [0.25, 0.3) is 0 Å². The highest BCUT2D eigenvalue weighted by molar-refractivity contribution is 6.27. The zero-order valence-corrected chi connectivity index (χ0v) is 8.81. The number of nitrogens with zero attached hydrogens (tertiary/aromatic N) is 1. The van der Waals surface area contributed by atoms with E-state index in [0.29, 0.717) is 5.92 Å². The van der Waals surface area contributed by atoms with Gasteiger partial charge in [-0.15, -0.1) is 11.6 Å². The second-order valence-corrected chi connectivity index (χ2v) is 3.75. The van der Waals surface area contributed by atoms with Gasteiger partial charge in [-0.05, 0) is 25.4 Å². The lowest BCUT2D eigenvalue weighted by Gasteiger charge is -2.13. The van der Waals surface area contributed by atoms with Crippen LogP contribution in [0.25, 0.3) is 0 Å². The summed E-state index contributed by atoms with van der Waals surface area (Å²) in [6, 6.07) is 0. The molecule has 0 aromatic carbocycles. The second kappa shape index (κ2) is 5.45. The van der Waals surface area contributed by atoms with E-state index in [9.17, 15) is 4.79 Å².